The molecule has 0 bridgehead atoms. The highest BCUT2D eigenvalue weighted by molar-refractivity contribution is 7.16. The maximum absolute atomic E-state index is 9.91. The highest BCUT2D eigenvalue weighted by atomic mass is 31.0. The van der Waals surface area contributed by atoms with Crippen molar-refractivity contribution < 1.29 is 14.6 Å². The molecule has 0 spiro atoms. The summed E-state index contributed by atoms with van der Waals surface area (Å²) in [4.78, 5) is 0. The quantitative estimate of drug-likeness (QED) is 0.734. The molecule has 1 saturated heterocycles. The molecular weight excluding hydrogens is 199 g/mol. The summed E-state index contributed by atoms with van der Waals surface area (Å²) in [5, 5.41) is 9.91. The molecule has 0 aliphatic carbocycles. The maximum atomic E-state index is 9.91. The molecule has 84 valence electrons. The first kappa shape index (κ1) is 12.4. The topological polar surface area (TPSA) is 38.7 Å². The Hall–Kier alpha value is 0.310. The van der Waals surface area contributed by atoms with E-state index in [0.717, 1.165) is 6.42 Å². The predicted octanol–water partition coefficient (Wildman–Crippen LogP) is 1.60. The van der Waals surface area contributed by atoms with Gasteiger partial charge in [0.05, 0.1) is 18.6 Å². The van der Waals surface area contributed by atoms with Crippen molar-refractivity contribution in [1.82, 2.24) is 0 Å². The van der Waals surface area contributed by atoms with E-state index in [1.165, 1.54) is 0 Å². The van der Waals surface area contributed by atoms with Crippen molar-refractivity contribution in [3.8, 4) is 0 Å². The van der Waals surface area contributed by atoms with E-state index >= 15 is 0 Å². The smallest absolute Gasteiger partial charge is 0.161 e. The van der Waals surface area contributed by atoms with Gasteiger partial charge < -0.3 is 14.6 Å². The molecule has 1 N–H and O–H groups in total. The minimum Gasteiger partial charge on any atom is -0.390 e. The van der Waals surface area contributed by atoms with Crippen LogP contribution in [0.4, 0.5) is 0 Å². The number of aliphatic hydroxyl groups excluding tert-OH is 1. The van der Waals surface area contributed by atoms with Crippen LogP contribution in [0.15, 0.2) is 0 Å². The third-order valence-corrected chi connectivity index (χ3v) is 3.34. The first-order chi connectivity index (χ1) is 6.61. The largest absolute Gasteiger partial charge is 0.390 e. The van der Waals surface area contributed by atoms with E-state index in [2.05, 4.69) is 23.1 Å². The summed E-state index contributed by atoms with van der Waals surface area (Å²) in [7, 11) is 2.52. The van der Waals surface area contributed by atoms with Crippen LogP contribution in [0.5, 0.6) is 0 Å². The lowest BCUT2D eigenvalue weighted by Gasteiger charge is -2.42. The monoisotopic (exact) mass is 220 g/mol. The normalized spacial score (nSPS) is 43.9. The van der Waals surface area contributed by atoms with E-state index in [9.17, 15) is 5.11 Å². The Morgan fingerprint density at radius 3 is 2.50 bits per heavy atom. The van der Waals surface area contributed by atoms with Crippen LogP contribution in [0, 0.1) is 11.8 Å². The summed E-state index contributed by atoms with van der Waals surface area (Å²) in [6, 6.07) is 0. The Labute approximate surface area is 88.4 Å². The van der Waals surface area contributed by atoms with Crippen LogP contribution in [0.25, 0.3) is 0 Å². The number of aliphatic hydroxyl groups is 1. The van der Waals surface area contributed by atoms with E-state index in [1.54, 1.807) is 0 Å². The van der Waals surface area contributed by atoms with E-state index in [4.69, 9.17) is 9.47 Å². The van der Waals surface area contributed by atoms with E-state index < -0.39 is 0 Å². The van der Waals surface area contributed by atoms with Crippen LogP contribution < -0.4 is 0 Å². The lowest BCUT2D eigenvalue weighted by Crippen LogP contribution is -2.49. The van der Waals surface area contributed by atoms with E-state index in [1.807, 2.05) is 6.92 Å². The first-order valence-corrected chi connectivity index (χ1v) is 6.08. The van der Waals surface area contributed by atoms with Crippen molar-refractivity contribution in [3.05, 3.63) is 0 Å². The summed E-state index contributed by atoms with van der Waals surface area (Å²) in [5.74, 6) is 0.476. The zero-order chi connectivity index (χ0) is 10.7. The van der Waals surface area contributed by atoms with Crippen LogP contribution in [-0.4, -0.2) is 30.0 Å². The molecule has 1 rings (SSSR count). The molecule has 0 aromatic heterocycles. The molecule has 4 heteroatoms. The highest BCUT2D eigenvalue weighted by Crippen LogP contribution is 2.32. The average molecular weight is 220 g/mol. The van der Waals surface area contributed by atoms with Gasteiger partial charge in [0.25, 0.3) is 0 Å². The Kier molecular flexibility index (Phi) is 4.78. The van der Waals surface area contributed by atoms with Crippen LogP contribution in [0.3, 0.4) is 0 Å². The van der Waals surface area contributed by atoms with Gasteiger partial charge in [0.15, 0.2) is 6.29 Å². The van der Waals surface area contributed by atoms with Crippen molar-refractivity contribution in [2.75, 3.05) is 6.35 Å². The number of rotatable bonds is 3. The molecular formula is C10H21O3P. The Morgan fingerprint density at radius 1 is 1.36 bits per heavy atom. The van der Waals surface area contributed by atoms with Crippen LogP contribution in [0.1, 0.15) is 27.2 Å². The lowest BCUT2D eigenvalue weighted by atomic mass is 9.84. The second kappa shape index (κ2) is 5.41. The molecule has 1 heterocycles. The van der Waals surface area contributed by atoms with Gasteiger partial charge in [-0.1, -0.05) is 20.8 Å². The van der Waals surface area contributed by atoms with Gasteiger partial charge in [0, 0.05) is 5.92 Å². The molecule has 14 heavy (non-hydrogen) atoms. The minimum absolute atomic E-state index is 0.0808. The molecule has 0 saturated carbocycles. The van der Waals surface area contributed by atoms with Crippen molar-refractivity contribution >= 4 is 9.24 Å². The van der Waals surface area contributed by atoms with Gasteiger partial charge in [-0.15, -0.1) is 9.24 Å². The van der Waals surface area contributed by atoms with Crippen LogP contribution in [-0.2, 0) is 9.47 Å². The zero-order valence-electron chi connectivity index (χ0n) is 9.14. The van der Waals surface area contributed by atoms with Crippen LogP contribution in [0.2, 0.25) is 0 Å². The van der Waals surface area contributed by atoms with Crippen LogP contribution >= 0.6 is 9.24 Å². The first-order valence-electron chi connectivity index (χ1n) is 5.27. The van der Waals surface area contributed by atoms with Gasteiger partial charge in [-0.2, -0.15) is 0 Å². The second-order valence-electron chi connectivity index (χ2n) is 3.99. The van der Waals surface area contributed by atoms with Gasteiger partial charge in [0.2, 0.25) is 0 Å². The average Bonchev–Trinajstić information content (AvgIpc) is 2.19. The Balaban J connectivity index is 2.63. The summed E-state index contributed by atoms with van der Waals surface area (Å²) in [6.45, 7) is 6.14. The Bertz CT molecular complexity index is 173. The third kappa shape index (κ3) is 2.46. The fourth-order valence-corrected chi connectivity index (χ4v) is 2.09. The Morgan fingerprint density at radius 2 is 2.00 bits per heavy atom. The highest BCUT2D eigenvalue weighted by Gasteiger charge is 2.39. The maximum Gasteiger partial charge on any atom is 0.161 e. The number of hydrogen-bond donors (Lipinski definition) is 1. The second-order valence-corrected chi connectivity index (χ2v) is 4.33. The standard InChI is InChI=1S/C10H21O3P/c1-4-8-9(11)6(2)7(3)10(13-8)12-5-14/h6-11H,4-5,14H2,1-3H3/t6-,7?,8?,9+,10+/m1/s1. The fourth-order valence-electron chi connectivity index (χ4n) is 1.90. The molecule has 1 aliphatic heterocycles. The third-order valence-electron chi connectivity index (χ3n) is 3.15. The molecule has 0 amide bonds. The molecule has 0 aromatic carbocycles. The van der Waals surface area contributed by atoms with Gasteiger partial charge in [0.1, 0.15) is 0 Å². The van der Waals surface area contributed by atoms with Gasteiger partial charge in [-0.3, -0.25) is 0 Å². The van der Waals surface area contributed by atoms with Crippen molar-refractivity contribution in [2.45, 2.75) is 45.7 Å². The predicted molar refractivity (Wildman–Crippen MR) is 58.9 cm³/mol. The number of ether oxygens (including phenoxy) is 2. The van der Waals surface area contributed by atoms with Crippen molar-refractivity contribution in [3.63, 3.8) is 0 Å². The molecule has 6 atom stereocenters. The molecule has 3 unspecified atom stereocenters. The lowest BCUT2D eigenvalue weighted by molar-refractivity contribution is -0.256. The molecule has 0 radical (unpaired) electrons. The summed E-state index contributed by atoms with van der Waals surface area (Å²) < 4.78 is 11.2. The summed E-state index contributed by atoms with van der Waals surface area (Å²) >= 11 is 0. The molecule has 0 aromatic rings. The van der Waals surface area contributed by atoms with Crippen molar-refractivity contribution in [2.24, 2.45) is 11.8 Å². The fraction of sp³-hybridized carbons (Fsp3) is 1.00. The molecule has 1 fully saturated rings. The number of hydrogen-bond acceptors (Lipinski definition) is 3. The summed E-state index contributed by atoms with van der Waals surface area (Å²) in [6.07, 6.45) is 0.793. The van der Waals surface area contributed by atoms with Gasteiger partial charge in [-0.25, -0.2) is 0 Å². The molecule has 1 aliphatic rings. The minimum atomic E-state index is -0.362. The van der Waals surface area contributed by atoms with E-state index in [0.29, 0.717) is 6.35 Å². The summed E-state index contributed by atoms with van der Waals surface area (Å²) in [5.41, 5.74) is 0. The van der Waals surface area contributed by atoms with Gasteiger partial charge in [-0.05, 0) is 12.3 Å². The molecule has 3 nitrogen and oxygen atoms in total. The van der Waals surface area contributed by atoms with E-state index in [-0.39, 0.29) is 30.3 Å². The SMILES string of the molecule is CCC1O[C@H](OCP)C(C)[C@@H](C)[C@@H]1O. The zero-order valence-corrected chi connectivity index (χ0v) is 10.3. The van der Waals surface area contributed by atoms with Crippen molar-refractivity contribution in [1.29, 1.82) is 0 Å². The van der Waals surface area contributed by atoms with Gasteiger partial charge >= 0.3 is 0 Å².